The van der Waals surface area contributed by atoms with Gasteiger partial charge in [-0.3, -0.25) is 4.98 Å². The molecule has 0 amide bonds. The Hall–Kier alpha value is -0.450. The first-order valence-corrected chi connectivity index (χ1v) is 5.90. The normalized spacial score (nSPS) is 25.7. The van der Waals surface area contributed by atoms with Crippen LogP contribution in [0.1, 0.15) is 19.0 Å². The fraction of sp³-hybridized carbons (Fsp3) is 0.545. The Balaban J connectivity index is 1.90. The van der Waals surface area contributed by atoms with Crippen LogP contribution in [-0.4, -0.2) is 23.7 Å². The Bertz CT molecular complexity index is 320. The van der Waals surface area contributed by atoms with Crippen molar-refractivity contribution >= 4 is 15.9 Å². The van der Waals surface area contributed by atoms with Crippen molar-refractivity contribution in [3.63, 3.8) is 0 Å². The molecule has 0 radical (unpaired) electrons. The van der Waals surface area contributed by atoms with E-state index in [1.165, 1.54) is 0 Å². The van der Waals surface area contributed by atoms with Gasteiger partial charge in [0, 0.05) is 29.4 Å². The van der Waals surface area contributed by atoms with E-state index in [0.717, 1.165) is 36.3 Å². The quantitative estimate of drug-likeness (QED) is 0.914. The minimum absolute atomic E-state index is 0.120. The highest BCUT2D eigenvalue weighted by Crippen LogP contribution is 2.18. The Kier molecular flexibility index (Phi) is 3.38. The van der Waals surface area contributed by atoms with E-state index in [1.54, 1.807) is 0 Å². The van der Waals surface area contributed by atoms with E-state index in [9.17, 15) is 0 Å². The first-order valence-electron chi connectivity index (χ1n) is 5.11. The molecular weight excluding hydrogens is 256 g/mol. The fourth-order valence-electron chi connectivity index (χ4n) is 1.62. The van der Waals surface area contributed by atoms with Gasteiger partial charge in [0.1, 0.15) is 0 Å². The van der Waals surface area contributed by atoms with Gasteiger partial charge in [-0.05, 0) is 41.4 Å². The minimum Gasteiger partial charge on any atom is -0.379 e. The molecule has 1 aromatic heterocycles. The van der Waals surface area contributed by atoms with Crippen LogP contribution >= 0.6 is 15.9 Å². The maximum Gasteiger partial charge on any atom is 0.0646 e. The predicted molar refractivity (Wildman–Crippen MR) is 62.6 cm³/mol. The smallest absolute Gasteiger partial charge is 0.0646 e. The van der Waals surface area contributed by atoms with Gasteiger partial charge in [0.25, 0.3) is 0 Å². The Labute approximate surface area is 98.4 Å². The number of aromatic nitrogens is 1. The van der Waals surface area contributed by atoms with E-state index in [1.807, 2.05) is 18.3 Å². The molecule has 1 N–H and O–H groups in total. The molecule has 1 aromatic rings. The first kappa shape index (κ1) is 11.0. The lowest BCUT2D eigenvalue weighted by Gasteiger charge is -2.23. The van der Waals surface area contributed by atoms with Crippen LogP contribution in [0.5, 0.6) is 0 Å². The number of nitrogens with one attached hydrogen (secondary N) is 1. The molecule has 1 saturated heterocycles. The summed E-state index contributed by atoms with van der Waals surface area (Å²) in [4.78, 5) is 4.32. The van der Waals surface area contributed by atoms with Crippen molar-refractivity contribution in [2.45, 2.75) is 25.4 Å². The van der Waals surface area contributed by atoms with Crippen LogP contribution in [0.3, 0.4) is 0 Å². The van der Waals surface area contributed by atoms with Crippen LogP contribution in [-0.2, 0) is 11.3 Å². The molecule has 3 nitrogen and oxygen atoms in total. The van der Waals surface area contributed by atoms with Gasteiger partial charge < -0.3 is 10.1 Å². The summed E-state index contributed by atoms with van der Waals surface area (Å²) < 4.78 is 6.39. The fourth-order valence-corrected chi connectivity index (χ4v) is 1.86. The van der Waals surface area contributed by atoms with E-state index in [0.29, 0.717) is 0 Å². The van der Waals surface area contributed by atoms with Gasteiger partial charge in [0.15, 0.2) is 0 Å². The van der Waals surface area contributed by atoms with E-state index in [-0.39, 0.29) is 5.54 Å². The molecule has 1 aliphatic rings. The average molecular weight is 271 g/mol. The van der Waals surface area contributed by atoms with Crippen LogP contribution in [0.15, 0.2) is 22.8 Å². The van der Waals surface area contributed by atoms with E-state index >= 15 is 0 Å². The molecule has 0 aliphatic carbocycles. The molecule has 4 heteroatoms. The van der Waals surface area contributed by atoms with Crippen LogP contribution in [0.4, 0.5) is 0 Å². The Morgan fingerprint density at radius 1 is 1.60 bits per heavy atom. The Morgan fingerprint density at radius 3 is 3.07 bits per heavy atom. The number of pyridine rings is 1. The molecule has 1 unspecified atom stereocenters. The second kappa shape index (κ2) is 4.60. The van der Waals surface area contributed by atoms with Crippen LogP contribution in [0, 0.1) is 0 Å². The highest BCUT2D eigenvalue weighted by atomic mass is 79.9. The number of nitrogens with zero attached hydrogens (tertiary/aromatic N) is 1. The van der Waals surface area contributed by atoms with Crippen molar-refractivity contribution in [3.8, 4) is 0 Å². The number of ether oxygens (including phenoxy) is 1. The summed E-state index contributed by atoms with van der Waals surface area (Å²) in [5, 5.41) is 3.49. The highest BCUT2D eigenvalue weighted by Gasteiger charge is 2.28. The molecule has 2 rings (SSSR count). The molecule has 1 atom stereocenters. The van der Waals surface area contributed by atoms with E-state index in [4.69, 9.17) is 4.74 Å². The second-order valence-electron chi connectivity index (χ2n) is 4.18. The lowest BCUT2D eigenvalue weighted by atomic mass is 10.0. The van der Waals surface area contributed by atoms with Crippen LogP contribution in [0.25, 0.3) is 0 Å². The van der Waals surface area contributed by atoms with Crippen molar-refractivity contribution in [1.29, 1.82) is 0 Å². The molecular formula is C11H15BrN2O. The van der Waals surface area contributed by atoms with Crippen molar-refractivity contribution in [2.24, 2.45) is 0 Å². The minimum atomic E-state index is 0.120. The lowest BCUT2D eigenvalue weighted by Crippen LogP contribution is -2.42. The Morgan fingerprint density at radius 2 is 2.47 bits per heavy atom. The monoisotopic (exact) mass is 270 g/mol. The summed E-state index contributed by atoms with van der Waals surface area (Å²) in [5.74, 6) is 0. The molecule has 1 fully saturated rings. The largest absolute Gasteiger partial charge is 0.379 e. The molecule has 2 heterocycles. The van der Waals surface area contributed by atoms with Gasteiger partial charge in [-0.15, -0.1) is 0 Å². The van der Waals surface area contributed by atoms with E-state index < -0.39 is 0 Å². The summed E-state index contributed by atoms with van der Waals surface area (Å²) in [6.45, 7) is 4.65. The van der Waals surface area contributed by atoms with Crippen molar-refractivity contribution in [3.05, 3.63) is 28.5 Å². The van der Waals surface area contributed by atoms with Crippen molar-refractivity contribution in [2.75, 3.05) is 13.2 Å². The zero-order chi connectivity index (χ0) is 10.7. The number of hydrogen-bond donors (Lipinski definition) is 1. The predicted octanol–water partition coefficient (Wildman–Crippen LogP) is 2.11. The third-order valence-electron chi connectivity index (χ3n) is 2.70. The standard InChI is InChI=1S/C11H15BrN2O/c1-11(4-5-15-8-11)14-7-10-3-2-9(12)6-13-10/h2-3,6,14H,4-5,7-8H2,1H3. The number of hydrogen-bond acceptors (Lipinski definition) is 3. The topological polar surface area (TPSA) is 34.2 Å². The number of halogens is 1. The lowest BCUT2D eigenvalue weighted by molar-refractivity contribution is 0.171. The third-order valence-corrected chi connectivity index (χ3v) is 3.17. The summed E-state index contributed by atoms with van der Waals surface area (Å²) in [6.07, 6.45) is 2.90. The maximum atomic E-state index is 5.38. The zero-order valence-electron chi connectivity index (χ0n) is 8.79. The van der Waals surface area contributed by atoms with E-state index in [2.05, 4.69) is 33.2 Å². The maximum absolute atomic E-state index is 5.38. The summed E-state index contributed by atoms with van der Waals surface area (Å²) in [7, 11) is 0. The molecule has 0 aromatic carbocycles. The molecule has 0 bridgehead atoms. The second-order valence-corrected chi connectivity index (χ2v) is 5.10. The van der Waals surface area contributed by atoms with Gasteiger partial charge in [0.2, 0.25) is 0 Å². The molecule has 15 heavy (non-hydrogen) atoms. The van der Waals surface area contributed by atoms with Gasteiger partial charge >= 0.3 is 0 Å². The molecule has 82 valence electrons. The summed E-state index contributed by atoms with van der Waals surface area (Å²) in [6, 6.07) is 4.04. The molecule has 0 saturated carbocycles. The molecule has 0 spiro atoms. The van der Waals surface area contributed by atoms with Crippen molar-refractivity contribution < 1.29 is 4.74 Å². The third kappa shape index (κ3) is 3.00. The highest BCUT2D eigenvalue weighted by molar-refractivity contribution is 9.10. The molecule has 1 aliphatic heterocycles. The zero-order valence-corrected chi connectivity index (χ0v) is 10.4. The van der Waals surface area contributed by atoms with Gasteiger partial charge in [-0.25, -0.2) is 0 Å². The van der Waals surface area contributed by atoms with Crippen LogP contribution < -0.4 is 5.32 Å². The first-order chi connectivity index (χ1) is 7.18. The van der Waals surface area contributed by atoms with Crippen molar-refractivity contribution in [1.82, 2.24) is 10.3 Å². The van der Waals surface area contributed by atoms with Gasteiger partial charge in [-0.1, -0.05) is 0 Å². The van der Waals surface area contributed by atoms with Gasteiger partial charge in [-0.2, -0.15) is 0 Å². The SMILES string of the molecule is CC1(NCc2ccc(Br)cn2)CCOC1. The summed E-state index contributed by atoms with van der Waals surface area (Å²) >= 11 is 3.37. The average Bonchev–Trinajstić information content (AvgIpc) is 2.65. The summed E-state index contributed by atoms with van der Waals surface area (Å²) in [5.41, 5.74) is 1.18. The van der Waals surface area contributed by atoms with Crippen LogP contribution in [0.2, 0.25) is 0 Å². The number of rotatable bonds is 3. The van der Waals surface area contributed by atoms with Gasteiger partial charge in [0.05, 0.1) is 12.3 Å².